The number of nitrogens with one attached hydrogen (secondary N) is 3. The van der Waals surface area contributed by atoms with Crippen LogP contribution in [0.5, 0.6) is 0 Å². The summed E-state index contributed by atoms with van der Waals surface area (Å²) in [5.41, 5.74) is 2.21. The summed E-state index contributed by atoms with van der Waals surface area (Å²) in [6.45, 7) is 0.414. The van der Waals surface area contributed by atoms with Gasteiger partial charge < -0.3 is 25.1 Å². The van der Waals surface area contributed by atoms with E-state index in [0.29, 0.717) is 12.2 Å². The summed E-state index contributed by atoms with van der Waals surface area (Å²) in [4.78, 5) is 40.9. The van der Waals surface area contributed by atoms with E-state index in [9.17, 15) is 14.4 Å². The Kier molecular flexibility index (Phi) is 7.16. The van der Waals surface area contributed by atoms with Crippen molar-refractivity contribution < 1.29 is 23.9 Å². The summed E-state index contributed by atoms with van der Waals surface area (Å²) in [5, 5.41) is 5.30. The van der Waals surface area contributed by atoms with Crippen molar-refractivity contribution >= 4 is 17.8 Å². The Bertz CT molecular complexity index is 1070. The molecule has 1 aliphatic heterocycles. The lowest BCUT2D eigenvalue weighted by molar-refractivity contribution is -0.154. The van der Waals surface area contributed by atoms with E-state index in [0.717, 1.165) is 11.1 Å². The largest absolute Gasteiger partial charge is 0.445 e. The number of hydrogen-bond donors (Lipinski definition) is 3. The van der Waals surface area contributed by atoms with Gasteiger partial charge in [-0.3, -0.25) is 9.59 Å². The van der Waals surface area contributed by atoms with Gasteiger partial charge in [0.25, 0.3) is 5.91 Å². The molecule has 3 atom stereocenters. The van der Waals surface area contributed by atoms with Crippen molar-refractivity contribution in [2.45, 2.75) is 31.3 Å². The smallest absolute Gasteiger partial charge is 0.408 e. The average molecular weight is 447 g/mol. The molecule has 2 aromatic carbocycles. The normalized spacial score (nSPS) is 16.7. The maximum Gasteiger partial charge on any atom is 0.408 e. The third-order valence-corrected chi connectivity index (χ3v) is 5.35. The van der Waals surface area contributed by atoms with Crippen LogP contribution in [0.4, 0.5) is 4.79 Å². The summed E-state index contributed by atoms with van der Waals surface area (Å²) in [6.07, 6.45) is -0.547. The maximum atomic E-state index is 13.6. The molecule has 3 N–H and O–H groups in total. The molecule has 3 aromatic rings. The zero-order valence-electron chi connectivity index (χ0n) is 17.9. The van der Waals surface area contributed by atoms with E-state index in [1.165, 1.54) is 0 Å². The third-order valence-electron chi connectivity index (χ3n) is 5.35. The SMILES string of the molecule is O=C(N[C@@H](Cc1ccccc1)C(=O)C(OC1CNC1=O)c1ccc[nH]1)OCc1ccccc1. The van der Waals surface area contributed by atoms with E-state index in [1.54, 1.807) is 18.3 Å². The number of carbonyl (C=O) groups is 3. The summed E-state index contributed by atoms with van der Waals surface area (Å²) >= 11 is 0. The van der Waals surface area contributed by atoms with Crippen molar-refractivity contribution in [1.82, 2.24) is 15.6 Å². The summed E-state index contributed by atoms with van der Waals surface area (Å²) in [5.74, 6) is -0.646. The number of ketones is 1. The standard InChI is InChI=1S/C25H25N3O5/c29-22(23(19-12-7-13-26-19)33-21-15-27-24(21)30)20(14-17-8-3-1-4-9-17)28-25(31)32-16-18-10-5-2-6-11-18/h1-13,20-21,23,26H,14-16H2,(H,27,30)(H,28,31)/t20-,21?,23?/m0/s1. The van der Waals surface area contributed by atoms with Gasteiger partial charge in [-0.1, -0.05) is 60.7 Å². The second-order valence-corrected chi connectivity index (χ2v) is 7.73. The molecule has 0 bridgehead atoms. The Labute approximate surface area is 191 Å². The predicted octanol–water partition coefficient (Wildman–Crippen LogP) is 2.68. The van der Waals surface area contributed by atoms with Gasteiger partial charge in [0.05, 0.1) is 18.3 Å². The number of amides is 2. The predicted molar refractivity (Wildman–Crippen MR) is 120 cm³/mol. The van der Waals surface area contributed by atoms with Crippen LogP contribution in [0.15, 0.2) is 79.0 Å². The first kappa shape index (κ1) is 22.3. The lowest BCUT2D eigenvalue weighted by Gasteiger charge is -2.31. The molecule has 2 unspecified atom stereocenters. The highest BCUT2D eigenvalue weighted by atomic mass is 16.5. The molecule has 2 amide bonds. The fourth-order valence-corrected chi connectivity index (χ4v) is 3.51. The summed E-state index contributed by atoms with van der Waals surface area (Å²) in [7, 11) is 0. The molecule has 1 aromatic heterocycles. The topological polar surface area (TPSA) is 110 Å². The molecule has 1 saturated heterocycles. The highest BCUT2D eigenvalue weighted by molar-refractivity contribution is 5.93. The first-order valence-corrected chi connectivity index (χ1v) is 10.7. The van der Waals surface area contributed by atoms with Crippen molar-refractivity contribution in [3.63, 3.8) is 0 Å². The van der Waals surface area contributed by atoms with E-state index in [1.807, 2.05) is 60.7 Å². The van der Waals surface area contributed by atoms with Crippen molar-refractivity contribution in [3.8, 4) is 0 Å². The van der Waals surface area contributed by atoms with Crippen LogP contribution in [0.2, 0.25) is 0 Å². The Hall–Kier alpha value is -3.91. The second kappa shape index (κ2) is 10.6. The van der Waals surface area contributed by atoms with E-state index < -0.39 is 24.3 Å². The Morgan fingerprint density at radius 3 is 2.24 bits per heavy atom. The van der Waals surface area contributed by atoms with Crippen LogP contribution >= 0.6 is 0 Å². The molecule has 8 heteroatoms. The second-order valence-electron chi connectivity index (χ2n) is 7.73. The molecular weight excluding hydrogens is 422 g/mol. The number of benzene rings is 2. The Morgan fingerprint density at radius 2 is 1.67 bits per heavy atom. The van der Waals surface area contributed by atoms with Crippen LogP contribution in [-0.2, 0) is 32.1 Å². The van der Waals surface area contributed by atoms with E-state index >= 15 is 0 Å². The highest BCUT2D eigenvalue weighted by Gasteiger charge is 2.38. The third kappa shape index (κ3) is 5.87. The Morgan fingerprint density at radius 1 is 0.970 bits per heavy atom. The Balaban J connectivity index is 1.50. The maximum absolute atomic E-state index is 13.6. The van der Waals surface area contributed by atoms with E-state index in [4.69, 9.17) is 9.47 Å². The number of rotatable bonds is 10. The number of H-pyrrole nitrogens is 1. The van der Waals surface area contributed by atoms with E-state index in [2.05, 4.69) is 15.6 Å². The molecule has 0 aliphatic carbocycles. The number of hydrogen-bond acceptors (Lipinski definition) is 5. The lowest BCUT2D eigenvalue weighted by Crippen LogP contribution is -2.56. The molecular formula is C25H25N3O5. The molecule has 33 heavy (non-hydrogen) atoms. The van der Waals surface area contributed by atoms with Crippen LogP contribution in [-0.4, -0.2) is 41.5 Å². The monoisotopic (exact) mass is 447 g/mol. The molecule has 170 valence electrons. The minimum atomic E-state index is -1.04. The molecule has 1 fully saturated rings. The zero-order chi connectivity index (χ0) is 23.0. The van der Waals surface area contributed by atoms with Gasteiger partial charge in [-0.2, -0.15) is 0 Å². The van der Waals surface area contributed by atoms with Gasteiger partial charge >= 0.3 is 6.09 Å². The van der Waals surface area contributed by atoms with Crippen LogP contribution in [0.1, 0.15) is 22.9 Å². The van der Waals surface area contributed by atoms with Gasteiger partial charge in [-0.15, -0.1) is 0 Å². The molecule has 0 saturated carbocycles. The van der Waals surface area contributed by atoms with Crippen LogP contribution in [0.3, 0.4) is 0 Å². The van der Waals surface area contributed by atoms with Crippen LogP contribution in [0, 0.1) is 0 Å². The lowest BCUT2D eigenvalue weighted by atomic mass is 9.97. The zero-order valence-corrected chi connectivity index (χ0v) is 17.9. The molecule has 1 aliphatic rings. The quantitative estimate of drug-likeness (QED) is 0.414. The number of carbonyl (C=O) groups excluding carboxylic acids is 3. The first-order valence-electron chi connectivity index (χ1n) is 10.7. The van der Waals surface area contributed by atoms with Gasteiger partial charge in [-0.05, 0) is 29.7 Å². The molecule has 8 nitrogen and oxygen atoms in total. The number of Topliss-reactive ketones (excluding diaryl/α,β-unsaturated/α-hetero) is 1. The van der Waals surface area contributed by atoms with Gasteiger partial charge in [0.1, 0.15) is 6.61 Å². The molecule has 0 radical (unpaired) electrons. The number of ether oxygens (including phenoxy) is 2. The molecule has 0 spiro atoms. The number of β-lactam (4-membered cyclic amide) rings is 1. The van der Waals surface area contributed by atoms with Crippen LogP contribution < -0.4 is 10.6 Å². The fraction of sp³-hybridized carbons (Fsp3) is 0.240. The van der Waals surface area contributed by atoms with Gasteiger partial charge in [0, 0.05) is 6.20 Å². The van der Waals surface area contributed by atoms with Crippen molar-refractivity contribution in [3.05, 3.63) is 95.8 Å². The number of aromatic amines is 1. The molecule has 2 heterocycles. The highest BCUT2D eigenvalue weighted by Crippen LogP contribution is 2.23. The summed E-state index contributed by atoms with van der Waals surface area (Å²) in [6, 6.07) is 21.2. The average Bonchev–Trinajstić information content (AvgIpc) is 3.37. The molecule has 4 rings (SSSR count). The minimum absolute atomic E-state index is 0.0811. The number of aromatic nitrogens is 1. The van der Waals surface area contributed by atoms with Gasteiger partial charge in [0.15, 0.2) is 18.0 Å². The van der Waals surface area contributed by atoms with Crippen LogP contribution in [0.25, 0.3) is 0 Å². The summed E-state index contributed by atoms with van der Waals surface area (Å²) < 4.78 is 11.2. The van der Waals surface area contributed by atoms with Gasteiger partial charge in [-0.25, -0.2) is 4.79 Å². The van der Waals surface area contributed by atoms with Gasteiger partial charge in [0.2, 0.25) is 0 Å². The van der Waals surface area contributed by atoms with Crippen molar-refractivity contribution in [1.29, 1.82) is 0 Å². The van der Waals surface area contributed by atoms with E-state index in [-0.39, 0.29) is 24.7 Å². The first-order chi connectivity index (χ1) is 16.1. The van der Waals surface area contributed by atoms with Crippen molar-refractivity contribution in [2.24, 2.45) is 0 Å². The minimum Gasteiger partial charge on any atom is -0.445 e. The van der Waals surface area contributed by atoms with Crippen molar-refractivity contribution in [2.75, 3.05) is 6.54 Å². The number of alkyl carbamates (subject to hydrolysis) is 1. The fourth-order valence-electron chi connectivity index (χ4n) is 3.51.